The minimum Gasteiger partial charge on any atom is -0.484 e. The van der Waals surface area contributed by atoms with Crippen LogP contribution >= 0.6 is 0 Å². The summed E-state index contributed by atoms with van der Waals surface area (Å²) < 4.78 is 5.74. The molecule has 1 aliphatic heterocycles. The van der Waals surface area contributed by atoms with Crippen molar-refractivity contribution in [2.75, 3.05) is 30.3 Å². The van der Waals surface area contributed by atoms with Gasteiger partial charge in [0, 0.05) is 42.3 Å². The third-order valence-electron chi connectivity index (χ3n) is 6.53. The van der Waals surface area contributed by atoms with Gasteiger partial charge >= 0.3 is 0 Å². The number of amides is 2. The number of nitrogen functional groups attached to an aromatic ring is 1. The Morgan fingerprint density at radius 3 is 2.25 bits per heavy atom. The van der Waals surface area contributed by atoms with Crippen molar-refractivity contribution < 1.29 is 14.3 Å². The molecule has 1 atom stereocenters. The molecule has 2 amide bonds. The number of fused-ring (bicyclic) bond motifs is 1. The first-order valence-electron chi connectivity index (χ1n) is 11.3. The van der Waals surface area contributed by atoms with Crippen LogP contribution in [0.3, 0.4) is 0 Å². The van der Waals surface area contributed by atoms with Crippen LogP contribution in [-0.2, 0) is 15.0 Å². The Balaban J connectivity index is 1.93. The number of carbonyl (C=O) groups excluding carboxylic acids is 2. The summed E-state index contributed by atoms with van der Waals surface area (Å²) in [6.45, 7) is 13.3. The van der Waals surface area contributed by atoms with Gasteiger partial charge in [0.1, 0.15) is 5.75 Å². The van der Waals surface area contributed by atoms with Crippen LogP contribution in [0.2, 0.25) is 0 Å². The molecule has 1 aliphatic rings. The lowest BCUT2D eigenvalue weighted by atomic mass is 9.65. The van der Waals surface area contributed by atoms with Crippen molar-refractivity contribution in [3.8, 4) is 5.75 Å². The SMILES string of the molecule is CCN(CC)C(=O)COc1ccc(C2(C)CC(C)(C)N(C(C)=O)c3ccc(N)cc32)cc1. The zero-order valence-electron chi connectivity index (χ0n) is 20.1. The quantitative estimate of drug-likeness (QED) is 0.682. The van der Waals surface area contributed by atoms with Crippen LogP contribution in [0.1, 0.15) is 59.1 Å². The summed E-state index contributed by atoms with van der Waals surface area (Å²) in [6, 6.07) is 13.7. The molecule has 0 radical (unpaired) electrons. The van der Waals surface area contributed by atoms with Gasteiger partial charge in [-0.05, 0) is 75.6 Å². The number of ether oxygens (including phenoxy) is 1. The summed E-state index contributed by atoms with van der Waals surface area (Å²) in [5, 5.41) is 0. The lowest BCUT2D eigenvalue weighted by Gasteiger charge is -2.51. The van der Waals surface area contributed by atoms with Gasteiger partial charge < -0.3 is 20.3 Å². The standard InChI is InChI=1S/C26H35N3O3/c1-7-28(8-2)24(31)16-32-21-12-9-19(10-13-21)26(6)17-25(4,5)29(18(3)30)23-14-11-20(27)15-22(23)26/h9-15H,7-8,16-17,27H2,1-6H3. The number of carbonyl (C=O) groups is 2. The molecule has 6 heteroatoms. The molecule has 0 saturated carbocycles. The molecule has 3 rings (SSSR count). The maximum atomic E-state index is 12.5. The van der Waals surface area contributed by atoms with Gasteiger partial charge in [-0.25, -0.2) is 0 Å². The predicted octanol–water partition coefficient (Wildman–Crippen LogP) is 4.36. The van der Waals surface area contributed by atoms with E-state index >= 15 is 0 Å². The summed E-state index contributed by atoms with van der Waals surface area (Å²) in [6.07, 6.45) is 0.747. The van der Waals surface area contributed by atoms with Crippen LogP contribution < -0.4 is 15.4 Å². The molecule has 0 spiro atoms. The van der Waals surface area contributed by atoms with E-state index < -0.39 is 0 Å². The summed E-state index contributed by atoms with van der Waals surface area (Å²) >= 11 is 0. The van der Waals surface area contributed by atoms with Crippen molar-refractivity contribution in [3.63, 3.8) is 0 Å². The topological polar surface area (TPSA) is 75.9 Å². The lowest BCUT2D eigenvalue weighted by Crippen LogP contribution is -2.55. The van der Waals surface area contributed by atoms with Crippen LogP contribution in [0.4, 0.5) is 11.4 Å². The monoisotopic (exact) mass is 437 g/mol. The molecule has 1 heterocycles. The maximum Gasteiger partial charge on any atom is 0.260 e. The largest absolute Gasteiger partial charge is 0.484 e. The fraction of sp³-hybridized carbons (Fsp3) is 0.462. The van der Waals surface area contributed by atoms with E-state index in [0.717, 1.165) is 23.2 Å². The first kappa shape index (κ1) is 23.6. The normalized spacial score (nSPS) is 19.2. The van der Waals surface area contributed by atoms with Crippen molar-refractivity contribution in [3.05, 3.63) is 53.6 Å². The molecule has 0 saturated heterocycles. The van der Waals surface area contributed by atoms with E-state index in [9.17, 15) is 9.59 Å². The third-order valence-corrected chi connectivity index (χ3v) is 6.53. The Kier molecular flexibility index (Phi) is 6.54. The number of likely N-dealkylation sites (N-methyl/N-ethyl adjacent to an activating group) is 1. The average molecular weight is 438 g/mol. The molecule has 2 aromatic rings. The fourth-order valence-electron chi connectivity index (χ4n) is 5.14. The summed E-state index contributed by atoms with van der Waals surface area (Å²) in [7, 11) is 0. The Morgan fingerprint density at radius 1 is 1.06 bits per heavy atom. The zero-order chi connectivity index (χ0) is 23.7. The van der Waals surface area contributed by atoms with Crippen molar-refractivity contribution >= 4 is 23.2 Å². The second-order valence-corrected chi connectivity index (χ2v) is 9.33. The van der Waals surface area contributed by atoms with E-state index in [-0.39, 0.29) is 29.4 Å². The number of hydrogen-bond donors (Lipinski definition) is 1. The number of benzene rings is 2. The maximum absolute atomic E-state index is 12.5. The van der Waals surface area contributed by atoms with Gasteiger partial charge in [0.2, 0.25) is 5.91 Å². The second-order valence-electron chi connectivity index (χ2n) is 9.33. The average Bonchev–Trinajstić information content (AvgIpc) is 2.73. The van der Waals surface area contributed by atoms with Gasteiger partial charge in [-0.1, -0.05) is 19.1 Å². The molecule has 0 fully saturated rings. The molecule has 6 nitrogen and oxygen atoms in total. The summed E-state index contributed by atoms with van der Waals surface area (Å²) in [4.78, 5) is 28.4. The Morgan fingerprint density at radius 2 is 1.69 bits per heavy atom. The number of nitrogens with zero attached hydrogens (tertiary/aromatic N) is 2. The molecule has 0 bridgehead atoms. The molecule has 0 aliphatic carbocycles. The van der Waals surface area contributed by atoms with Gasteiger partial charge in [0.25, 0.3) is 5.91 Å². The van der Waals surface area contributed by atoms with E-state index in [1.807, 2.05) is 61.2 Å². The Bertz CT molecular complexity index is 996. The molecule has 0 aromatic heterocycles. The van der Waals surface area contributed by atoms with Crippen LogP contribution in [0, 0.1) is 0 Å². The lowest BCUT2D eigenvalue weighted by molar-refractivity contribution is -0.133. The van der Waals surface area contributed by atoms with E-state index in [1.54, 1.807) is 11.8 Å². The first-order chi connectivity index (χ1) is 15.0. The number of rotatable bonds is 6. The van der Waals surface area contributed by atoms with Crippen molar-refractivity contribution in [1.82, 2.24) is 4.90 Å². The Labute approximate surface area is 191 Å². The smallest absolute Gasteiger partial charge is 0.260 e. The summed E-state index contributed by atoms with van der Waals surface area (Å²) in [5.41, 5.74) is 9.17. The Hall–Kier alpha value is -3.02. The second kappa shape index (κ2) is 8.85. The van der Waals surface area contributed by atoms with Crippen LogP contribution in [0.15, 0.2) is 42.5 Å². The van der Waals surface area contributed by atoms with Crippen molar-refractivity contribution in [2.45, 2.75) is 58.9 Å². The van der Waals surface area contributed by atoms with Gasteiger partial charge in [-0.3, -0.25) is 9.59 Å². The molecular formula is C26H35N3O3. The minimum absolute atomic E-state index is 0.0182. The zero-order valence-corrected chi connectivity index (χ0v) is 20.1. The van der Waals surface area contributed by atoms with Crippen LogP contribution in [0.5, 0.6) is 5.75 Å². The first-order valence-corrected chi connectivity index (χ1v) is 11.3. The van der Waals surface area contributed by atoms with Gasteiger partial charge in [0.15, 0.2) is 6.61 Å². The summed E-state index contributed by atoms with van der Waals surface area (Å²) in [5.74, 6) is 0.657. The highest BCUT2D eigenvalue weighted by molar-refractivity contribution is 5.95. The molecule has 32 heavy (non-hydrogen) atoms. The number of hydrogen-bond acceptors (Lipinski definition) is 4. The van der Waals surface area contributed by atoms with E-state index in [1.165, 1.54) is 0 Å². The highest BCUT2D eigenvalue weighted by Crippen LogP contribution is 2.51. The highest BCUT2D eigenvalue weighted by Gasteiger charge is 2.47. The van der Waals surface area contributed by atoms with E-state index in [4.69, 9.17) is 10.5 Å². The third kappa shape index (κ3) is 4.31. The van der Waals surface area contributed by atoms with Crippen LogP contribution in [0.25, 0.3) is 0 Å². The van der Waals surface area contributed by atoms with Crippen molar-refractivity contribution in [1.29, 1.82) is 0 Å². The fourth-order valence-corrected chi connectivity index (χ4v) is 5.14. The van der Waals surface area contributed by atoms with Gasteiger partial charge in [-0.2, -0.15) is 0 Å². The van der Waals surface area contributed by atoms with E-state index in [0.29, 0.717) is 24.5 Å². The predicted molar refractivity (Wildman–Crippen MR) is 129 cm³/mol. The number of anilines is 2. The highest BCUT2D eigenvalue weighted by atomic mass is 16.5. The van der Waals surface area contributed by atoms with E-state index in [2.05, 4.69) is 20.8 Å². The minimum atomic E-state index is -0.366. The molecule has 2 aromatic carbocycles. The molecule has 1 unspecified atom stereocenters. The van der Waals surface area contributed by atoms with Crippen LogP contribution in [-0.4, -0.2) is 41.9 Å². The number of nitrogens with two attached hydrogens (primary N) is 1. The van der Waals surface area contributed by atoms with Crippen molar-refractivity contribution in [2.24, 2.45) is 0 Å². The van der Waals surface area contributed by atoms with Gasteiger partial charge in [-0.15, -0.1) is 0 Å². The molecule has 172 valence electrons. The molecular weight excluding hydrogens is 402 g/mol. The molecule has 2 N–H and O–H groups in total. The van der Waals surface area contributed by atoms with Gasteiger partial charge in [0.05, 0.1) is 0 Å².